The van der Waals surface area contributed by atoms with Crippen molar-refractivity contribution < 1.29 is 0 Å². The van der Waals surface area contributed by atoms with E-state index >= 15 is 0 Å². The smallest absolute Gasteiger partial charge is 0.153 e. The first kappa shape index (κ1) is 17.2. The van der Waals surface area contributed by atoms with E-state index in [4.69, 9.17) is 5.26 Å². The molecule has 1 saturated heterocycles. The predicted molar refractivity (Wildman–Crippen MR) is 100 cm³/mol. The minimum Gasteiger partial charge on any atom is -0.357 e. The van der Waals surface area contributed by atoms with Gasteiger partial charge in [-0.05, 0) is 31.9 Å². The van der Waals surface area contributed by atoms with Crippen LogP contribution in [0.2, 0.25) is 0 Å². The molecule has 3 aromatic heterocycles. The van der Waals surface area contributed by atoms with Crippen molar-refractivity contribution in [2.45, 2.75) is 38.8 Å². The van der Waals surface area contributed by atoms with Gasteiger partial charge in [-0.1, -0.05) is 0 Å². The number of hydrogen-bond acceptors (Lipinski definition) is 6. The van der Waals surface area contributed by atoms with E-state index in [2.05, 4.69) is 42.6 Å². The fourth-order valence-electron chi connectivity index (χ4n) is 3.68. The Kier molecular flexibility index (Phi) is 4.83. The maximum atomic E-state index is 9.08. The molecule has 3 aromatic rings. The summed E-state index contributed by atoms with van der Waals surface area (Å²) >= 11 is 0. The lowest BCUT2D eigenvalue weighted by Gasteiger charge is -2.32. The molecule has 0 aromatic carbocycles. The van der Waals surface area contributed by atoms with E-state index in [0.29, 0.717) is 18.0 Å². The van der Waals surface area contributed by atoms with E-state index in [-0.39, 0.29) is 0 Å². The number of piperidine rings is 1. The van der Waals surface area contributed by atoms with Gasteiger partial charge >= 0.3 is 0 Å². The van der Waals surface area contributed by atoms with Crippen LogP contribution in [0.1, 0.15) is 42.9 Å². The Balaban J connectivity index is 1.46. The van der Waals surface area contributed by atoms with Crippen LogP contribution in [0.25, 0.3) is 0 Å². The van der Waals surface area contributed by atoms with E-state index in [9.17, 15) is 0 Å². The van der Waals surface area contributed by atoms with Gasteiger partial charge in [-0.15, -0.1) is 10.2 Å². The van der Waals surface area contributed by atoms with Gasteiger partial charge in [-0.25, -0.2) is 9.97 Å². The van der Waals surface area contributed by atoms with Crippen molar-refractivity contribution in [3.05, 3.63) is 54.3 Å². The summed E-state index contributed by atoms with van der Waals surface area (Å²) in [5, 5.41) is 18.0. The second-order valence-corrected chi connectivity index (χ2v) is 6.73. The highest BCUT2D eigenvalue weighted by atomic mass is 15.3. The molecule has 1 aliphatic rings. The highest BCUT2D eigenvalue weighted by Gasteiger charge is 2.26. The molecule has 8 nitrogen and oxygen atoms in total. The lowest BCUT2D eigenvalue weighted by Crippen LogP contribution is -2.34. The third-order valence-corrected chi connectivity index (χ3v) is 5.11. The Morgan fingerprint density at radius 1 is 1.22 bits per heavy atom. The van der Waals surface area contributed by atoms with E-state index in [1.807, 2.05) is 16.8 Å². The van der Waals surface area contributed by atoms with Crippen molar-refractivity contribution in [2.24, 2.45) is 0 Å². The third kappa shape index (κ3) is 3.53. The molecular formula is C19H22N8. The van der Waals surface area contributed by atoms with Crippen LogP contribution in [-0.2, 0) is 13.1 Å². The lowest BCUT2D eigenvalue weighted by atomic mass is 9.95. The van der Waals surface area contributed by atoms with Crippen molar-refractivity contribution in [3.63, 3.8) is 0 Å². The maximum absolute atomic E-state index is 9.08. The van der Waals surface area contributed by atoms with Gasteiger partial charge in [-0.2, -0.15) is 5.26 Å². The fraction of sp³-hybridized carbons (Fsp3) is 0.421. The van der Waals surface area contributed by atoms with Gasteiger partial charge in [0.25, 0.3) is 0 Å². The molecular weight excluding hydrogens is 340 g/mol. The Hall–Kier alpha value is -3.21. The summed E-state index contributed by atoms with van der Waals surface area (Å²) in [4.78, 5) is 10.8. The Labute approximate surface area is 158 Å². The highest BCUT2D eigenvalue weighted by molar-refractivity contribution is 5.45. The van der Waals surface area contributed by atoms with Gasteiger partial charge in [0.15, 0.2) is 5.82 Å². The standard InChI is InChI=1S/C19H22N8/c1-2-27-18(13-25-10-7-21-14-25)23-24-19(27)16-4-8-26(9-5-16)17-11-15(12-20)3-6-22-17/h3,6-7,10-11,14,16H,2,4-5,8-9,13H2,1H3. The number of rotatable bonds is 5. The number of hydrogen-bond donors (Lipinski definition) is 0. The van der Waals surface area contributed by atoms with Crippen LogP contribution in [0.15, 0.2) is 37.1 Å². The molecule has 27 heavy (non-hydrogen) atoms. The third-order valence-electron chi connectivity index (χ3n) is 5.11. The monoisotopic (exact) mass is 362 g/mol. The van der Waals surface area contributed by atoms with Crippen LogP contribution in [0.3, 0.4) is 0 Å². The van der Waals surface area contributed by atoms with Crippen LogP contribution in [0.5, 0.6) is 0 Å². The average Bonchev–Trinajstić information content (AvgIpc) is 3.38. The fourth-order valence-corrected chi connectivity index (χ4v) is 3.68. The van der Waals surface area contributed by atoms with Gasteiger partial charge in [0.1, 0.15) is 11.6 Å². The minimum atomic E-state index is 0.393. The van der Waals surface area contributed by atoms with E-state index < -0.39 is 0 Å². The van der Waals surface area contributed by atoms with Crippen LogP contribution >= 0.6 is 0 Å². The van der Waals surface area contributed by atoms with Crippen LogP contribution in [0.4, 0.5) is 5.82 Å². The molecule has 1 fully saturated rings. The zero-order valence-electron chi connectivity index (χ0n) is 15.4. The number of nitriles is 1. The molecule has 0 aliphatic carbocycles. The molecule has 0 unspecified atom stereocenters. The van der Waals surface area contributed by atoms with E-state index in [0.717, 1.165) is 49.9 Å². The van der Waals surface area contributed by atoms with Crippen molar-refractivity contribution >= 4 is 5.82 Å². The summed E-state index contributed by atoms with van der Waals surface area (Å²) in [6.45, 7) is 5.49. The zero-order valence-corrected chi connectivity index (χ0v) is 15.4. The topological polar surface area (TPSA) is 88.5 Å². The first-order valence-electron chi connectivity index (χ1n) is 9.27. The average molecular weight is 362 g/mol. The number of aromatic nitrogens is 6. The molecule has 0 saturated carbocycles. The Morgan fingerprint density at radius 2 is 2.07 bits per heavy atom. The number of pyridine rings is 1. The molecule has 0 spiro atoms. The number of nitrogens with zero attached hydrogens (tertiary/aromatic N) is 8. The normalized spacial score (nSPS) is 15.0. The summed E-state index contributed by atoms with van der Waals surface area (Å²) in [5.74, 6) is 3.32. The summed E-state index contributed by atoms with van der Waals surface area (Å²) in [6.07, 6.45) is 9.22. The molecule has 138 valence electrons. The van der Waals surface area contributed by atoms with Crippen LogP contribution in [-0.4, -0.2) is 42.4 Å². The summed E-state index contributed by atoms with van der Waals surface area (Å²) in [5.41, 5.74) is 0.650. The molecule has 0 bridgehead atoms. The minimum absolute atomic E-state index is 0.393. The first-order chi connectivity index (χ1) is 13.3. The molecule has 4 heterocycles. The van der Waals surface area contributed by atoms with Crippen LogP contribution < -0.4 is 4.90 Å². The van der Waals surface area contributed by atoms with Gasteiger partial charge in [0.2, 0.25) is 0 Å². The molecule has 0 amide bonds. The van der Waals surface area contributed by atoms with Crippen molar-refractivity contribution in [2.75, 3.05) is 18.0 Å². The molecule has 4 rings (SSSR count). The summed E-state index contributed by atoms with van der Waals surface area (Å²) < 4.78 is 4.24. The SMILES string of the molecule is CCn1c(Cn2ccnc2)nnc1C1CCN(c2cc(C#N)ccn2)CC1. The Bertz CT molecular complexity index is 929. The van der Waals surface area contributed by atoms with Crippen molar-refractivity contribution in [1.29, 1.82) is 5.26 Å². The zero-order chi connectivity index (χ0) is 18.6. The molecule has 0 atom stereocenters. The van der Waals surface area contributed by atoms with Crippen molar-refractivity contribution in [3.8, 4) is 6.07 Å². The van der Waals surface area contributed by atoms with Gasteiger partial charge in [-0.3, -0.25) is 0 Å². The van der Waals surface area contributed by atoms with Gasteiger partial charge < -0.3 is 14.0 Å². The maximum Gasteiger partial charge on any atom is 0.153 e. The first-order valence-corrected chi connectivity index (χ1v) is 9.27. The summed E-state index contributed by atoms with van der Waals surface area (Å²) in [6, 6.07) is 5.78. The van der Waals surface area contributed by atoms with E-state index in [1.54, 1.807) is 24.8 Å². The second kappa shape index (κ2) is 7.58. The second-order valence-electron chi connectivity index (χ2n) is 6.73. The largest absolute Gasteiger partial charge is 0.357 e. The molecule has 8 heteroatoms. The van der Waals surface area contributed by atoms with Crippen LogP contribution in [0, 0.1) is 11.3 Å². The van der Waals surface area contributed by atoms with Gasteiger partial charge in [0.05, 0.1) is 24.5 Å². The highest BCUT2D eigenvalue weighted by Crippen LogP contribution is 2.29. The lowest BCUT2D eigenvalue weighted by molar-refractivity contribution is 0.462. The van der Waals surface area contributed by atoms with Crippen molar-refractivity contribution in [1.82, 2.24) is 29.3 Å². The predicted octanol–water partition coefficient (Wildman–Crippen LogP) is 2.19. The molecule has 0 N–H and O–H groups in total. The Morgan fingerprint density at radius 3 is 2.78 bits per heavy atom. The van der Waals surface area contributed by atoms with Gasteiger partial charge in [0, 0.05) is 44.1 Å². The molecule has 0 radical (unpaired) electrons. The quantitative estimate of drug-likeness (QED) is 0.691. The number of imidazole rings is 1. The van der Waals surface area contributed by atoms with E-state index in [1.165, 1.54) is 0 Å². The molecule has 1 aliphatic heterocycles. The number of anilines is 1. The summed E-state index contributed by atoms with van der Waals surface area (Å²) in [7, 11) is 0.